The number of Topliss-reactive ketones (excluding diaryl/α,β-unsaturated/α-hetero) is 1. The van der Waals surface area contributed by atoms with Crippen LogP contribution in [0.3, 0.4) is 0 Å². The molecule has 2 rings (SSSR count). The highest BCUT2D eigenvalue weighted by Gasteiger charge is 2.22. The molecule has 0 aliphatic carbocycles. The molecule has 0 unspecified atom stereocenters. The molecule has 2 aromatic rings. The monoisotopic (exact) mass is 310 g/mol. The molecule has 0 amide bonds. The van der Waals surface area contributed by atoms with Crippen LogP contribution in [0, 0.1) is 5.41 Å². The predicted octanol–water partition coefficient (Wildman–Crippen LogP) is 0.207. The van der Waals surface area contributed by atoms with Crippen molar-refractivity contribution < 1.29 is 22.2 Å². The number of carbonyl (C=O) groups is 1. The summed E-state index contributed by atoms with van der Waals surface area (Å²) >= 11 is 1.51. The van der Waals surface area contributed by atoms with Gasteiger partial charge in [-0.15, -0.1) is 0 Å². The summed E-state index contributed by atoms with van der Waals surface area (Å²) in [5, 5.41) is 0.913. The van der Waals surface area contributed by atoms with E-state index in [1.807, 2.05) is 45.2 Å². The molecule has 1 heterocycles. The van der Waals surface area contributed by atoms with Crippen LogP contribution in [-0.4, -0.2) is 16.5 Å². The van der Waals surface area contributed by atoms with E-state index < -0.39 is 0 Å². The van der Waals surface area contributed by atoms with Crippen LogP contribution in [0.4, 0.5) is 0 Å². The molecule has 0 atom stereocenters. The molecule has 5 heteroatoms. The zero-order chi connectivity index (χ0) is 13.9. The summed E-state index contributed by atoms with van der Waals surface area (Å²) in [5.74, 6) is 0.733. The van der Waals surface area contributed by atoms with Crippen LogP contribution in [0.2, 0.25) is 0 Å². The van der Waals surface area contributed by atoms with E-state index in [-0.39, 0.29) is 23.6 Å². The number of thioether (sulfide) groups is 1. The minimum absolute atomic E-state index is 0. The van der Waals surface area contributed by atoms with Gasteiger partial charge >= 0.3 is 5.16 Å². The van der Waals surface area contributed by atoms with E-state index in [4.69, 9.17) is 0 Å². The third-order valence-corrected chi connectivity index (χ3v) is 3.78. The molecule has 2 N–H and O–H groups in total. The van der Waals surface area contributed by atoms with E-state index in [9.17, 15) is 4.79 Å². The van der Waals surface area contributed by atoms with Crippen molar-refractivity contribution in [2.24, 2.45) is 5.41 Å². The molecule has 108 valence electrons. The van der Waals surface area contributed by atoms with Gasteiger partial charge in [0, 0.05) is 11.0 Å². The summed E-state index contributed by atoms with van der Waals surface area (Å²) in [5.41, 5.74) is 1.89. The van der Waals surface area contributed by atoms with Crippen LogP contribution < -0.4 is 17.4 Å². The summed E-state index contributed by atoms with van der Waals surface area (Å²) in [7, 11) is 0. The summed E-state index contributed by atoms with van der Waals surface area (Å²) in [6, 6.07) is 10.1. The lowest BCUT2D eigenvalue weighted by molar-refractivity contribution is -0.425. The molecule has 0 aliphatic rings. The number of hydrogen-bond acceptors (Lipinski definition) is 2. The van der Waals surface area contributed by atoms with Gasteiger partial charge in [-0.05, 0) is 11.8 Å². The largest absolute Gasteiger partial charge is 1.00 e. The van der Waals surface area contributed by atoms with Crippen molar-refractivity contribution in [2.75, 3.05) is 5.75 Å². The van der Waals surface area contributed by atoms with E-state index in [2.05, 4.69) is 22.1 Å². The minimum Gasteiger partial charge on any atom is -1.00 e. The lowest BCUT2D eigenvalue weighted by atomic mass is 9.92. The number of imidazole rings is 1. The molecule has 3 nitrogen and oxygen atoms in total. The number of nitrogens with one attached hydrogen (secondary N) is 2. The van der Waals surface area contributed by atoms with Crippen LogP contribution in [0.15, 0.2) is 41.7 Å². The van der Waals surface area contributed by atoms with Crippen molar-refractivity contribution >= 4 is 17.5 Å². The number of aromatic amines is 2. The molecule has 0 saturated heterocycles. The fraction of sp³-hybridized carbons (Fsp3) is 0.333. The maximum atomic E-state index is 11.9. The topological polar surface area (TPSA) is 47.0 Å². The number of halogens is 1. The Morgan fingerprint density at radius 1 is 1.25 bits per heavy atom. The van der Waals surface area contributed by atoms with Gasteiger partial charge in [-0.3, -0.25) is 4.79 Å². The lowest BCUT2D eigenvalue weighted by Crippen LogP contribution is -3.00. The van der Waals surface area contributed by atoms with Crippen molar-refractivity contribution in [3.63, 3.8) is 0 Å². The van der Waals surface area contributed by atoms with Gasteiger partial charge in [0.25, 0.3) is 0 Å². The fourth-order valence-electron chi connectivity index (χ4n) is 1.54. The summed E-state index contributed by atoms with van der Waals surface area (Å²) < 4.78 is 0. The highest BCUT2D eigenvalue weighted by atomic mass is 35.5. The first-order valence-corrected chi connectivity index (χ1v) is 7.27. The Bertz CT molecular complexity index is 561. The summed E-state index contributed by atoms with van der Waals surface area (Å²) in [6.45, 7) is 5.84. The second kappa shape index (κ2) is 6.95. The van der Waals surface area contributed by atoms with E-state index in [0.29, 0.717) is 5.75 Å². The Kier molecular flexibility index (Phi) is 5.84. The fourth-order valence-corrected chi connectivity index (χ4v) is 2.57. The first kappa shape index (κ1) is 16.8. The molecular weight excluding hydrogens is 292 g/mol. The smallest absolute Gasteiger partial charge is 0.314 e. The average molecular weight is 311 g/mol. The lowest BCUT2D eigenvalue weighted by Gasteiger charge is -2.14. The van der Waals surface area contributed by atoms with Crippen molar-refractivity contribution in [3.8, 4) is 11.3 Å². The maximum absolute atomic E-state index is 11.9. The molecule has 0 saturated carbocycles. The quantitative estimate of drug-likeness (QED) is 0.821. The van der Waals surface area contributed by atoms with Gasteiger partial charge in [-0.2, -0.15) is 0 Å². The highest BCUT2D eigenvalue weighted by Crippen LogP contribution is 2.22. The molecular formula is C15H19ClN2OS. The molecule has 20 heavy (non-hydrogen) atoms. The van der Waals surface area contributed by atoms with Gasteiger partial charge < -0.3 is 12.4 Å². The molecule has 1 aromatic carbocycles. The predicted molar refractivity (Wildman–Crippen MR) is 78.0 cm³/mol. The number of carbonyl (C=O) groups excluding carboxylic acids is 1. The number of ketones is 1. The van der Waals surface area contributed by atoms with Crippen LogP contribution in [-0.2, 0) is 4.79 Å². The number of H-pyrrole nitrogens is 2. The molecule has 0 radical (unpaired) electrons. The van der Waals surface area contributed by atoms with Gasteiger partial charge in [0.1, 0.15) is 12.0 Å². The Balaban J connectivity index is 0.00000200. The molecule has 0 aliphatic heterocycles. The molecule has 0 fully saturated rings. The van der Waals surface area contributed by atoms with Crippen molar-refractivity contribution in [1.82, 2.24) is 4.98 Å². The van der Waals surface area contributed by atoms with Crippen LogP contribution in [0.1, 0.15) is 20.8 Å². The first-order chi connectivity index (χ1) is 8.97. The van der Waals surface area contributed by atoms with E-state index in [0.717, 1.165) is 16.4 Å². The number of rotatable bonds is 4. The minimum atomic E-state index is -0.276. The Hall–Kier alpha value is -1.26. The molecule has 0 bridgehead atoms. The average Bonchev–Trinajstić information content (AvgIpc) is 2.84. The van der Waals surface area contributed by atoms with Crippen LogP contribution in [0.25, 0.3) is 11.3 Å². The van der Waals surface area contributed by atoms with Gasteiger partial charge in [0.05, 0.1) is 5.75 Å². The number of hydrogen-bond donors (Lipinski definition) is 1. The van der Waals surface area contributed by atoms with Crippen molar-refractivity contribution in [2.45, 2.75) is 25.9 Å². The van der Waals surface area contributed by atoms with Crippen molar-refractivity contribution in [1.29, 1.82) is 0 Å². The zero-order valence-corrected chi connectivity index (χ0v) is 13.4. The highest BCUT2D eigenvalue weighted by molar-refractivity contribution is 7.99. The first-order valence-electron chi connectivity index (χ1n) is 6.29. The van der Waals surface area contributed by atoms with Gasteiger partial charge in [0.15, 0.2) is 5.69 Å². The van der Waals surface area contributed by atoms with Gasteiger partial charge in [-0.25, -0.2) is 9.97 Å². The normalized spacial score (nSPS) is 10.9. The van der Waals surface area contributed by atoms with Gasteiger partial charge in [-0.1, -0.05) is 51.1 Å². The Morgan fingerprint density at radius 2 is 1.90 bits per heavy atom. The Morgan fingerprint density at radius 3 is 2.50 bits per heavy atom. The standard InChI is InChI=1S/C15H18N2OS.ClH/c1-15(2,3)13(18)10-19-14-16-9-12(17-14)11-7-5-4-6-8-11;/h4-9H,10H2,1-3H3,(H,16,17);1H. The number of aromatic nitrogens is 2. The second-order valence-corrected chi connectivity index (χ2v) is 6.47. The van der Waals surface area contributed by atoms with Crippen molar-refractivity contribution in [3.05, 3.63) is 36.5 Å². The van der Waals surface area contributed by atoms with E-state index in [1.165, 1.54) is 11.8 Å². The van der Waals surface area contributed by atoms with Gasteiger partial charge in [0.2, 0.25) is 0 Å². The van der Waals surface area contributed by atoms with E-state index in [1.54, 1.807) is 0 Å². The SMILES string of the molecule is CC(C)(C)C(=O)CSc1[nH]c(-c2ccccc2)c[nH+]1.[Cl-]. The van der Waals surface area contributed by atoms with Crippen LogP contribution in [0.5, 0.6) is 0 Å². The summed E-state index contributed by atoms with van der Waals surface area (Å²) in [4.78, 5) is 18.3. The summed E-state index contributed by atoms with van der Waals surface area (Å²) in [6.07, 6.45) is 1.93. The zero-order valence-electron chi connectivity index (χ0n) is 11.9. The van der Waals surface area contributed by atoms with Crippen LogP contribution >= 0.6 is 11.8 Å². The maximum Gasteiger partial charge on any atom is 0.314 e. The Labute approximate surface area is 130 Å². The molecule has 1 aromatic heterocycles. The third-order valence-electron chi connectivity index (χ3n) is 2.86. The second-order valence-electron chi connectivity index (χ2n) is 5.48. The number of benzene rings is 1. The van der Waals surface area contributed by atoms with E-state index >= 15 is 0 Å². The third kappa shape index (κ3) is 4.39. The molecule has 0 spiro atoms.